The highest BCUT2D eigenvalue weighted by molar-refractivity contribution is 5.01. The molecule has 0 radical (unpaired) electrons. The summed E-state index contributed by atoms with van der Waals surface area (Å²) < 4.78 is 0. The van der Waals surface area contributed by atoms with Crippen LogP contribution in [0.5, 0.6) is 0 Å². The first kappa shape index (κ1) is 10.6. The smallest absolute Gasteiger partial charge is 0.0689 e. The van der Waals surface area contributed by atoms with Crippen LogP contribution in [0.4, 0.5) is 0 Å². The average molecular weight is 179 g/mol. The largest absolute Gasteiger partial charge is 0.301 e. The third-order valence-corrected chi connectivity index (χ3v) is 2.82. The van der Waals surface area contributed by atoms with Gasteiger partial charge in [0.15, 0.2) is 0 Å². The molecule has 1 heteroatoms. The third kappa shape index (κ3) is 3.40. The van der Waals surface area contributed by atoms with Gasteiger partial charge in [0.05, 0.1) is 6.04 Å². The van der Waals surface area contributed by atoms with Gasteiger partial charge in [0.1, 0.15) is 0 Å². The fourth-order valence-electron chi connectivity index (χ4n) is 1.85. The second kappa shape index (κ2) is 5.29. The van der Waals surface area contributed by atoms with E-state index in [0.29, 0.717) is 12.1 Å². The SMILES string of the molecule is C#CC(CCC)NC(CC)C1CC1. The number of terminal acetylenes is 1. The Morgan fingerprint density at radius 2 is 2.15 bits per heavy atom. The second-order valence-corrected chi connectivity index (χ2v) is 4.03. The standard InChI is InChI=1S/C12H21N/c1-4-7-11(5-2)13-12(6-3)10-8-9-10/h2,10-13H,4,6-9H2,1,3H3. The molecule has 2 unspecified atom stereocenters. The molecule has 0 aromatic heterocycles. The highest BCUT2D eigenvalue weighted by Gasteiger charge is 2.30. The molecule has 13 heavy (non-hydrogen) atoms. The monoisotopic (exact) mass is 179 g/mol. The van der Waals surface area contributed by atoms with Crippen LogP contribution in [0.2, 0.25) is 0 Å². The quantitative estimate of drug-likeness (QED) is 0.618. The molecule has 1 rings (SSSR count). The van der Waals surface area contributed by atoms with Crippen molar-refractivity contribution in [3.63, 3.8) is 0 Å². The Hall–Kier alpha value is -0.480. The van der Waals surface area contributed by atoms with Gasteiger partial charge < -0.3 is 5.32 Å². The predicted molar refractivity (Wildman–Crippen MR) is 57.5 cm³/mol. The lowest BCUT2D eigenvalue weighted by Gasteiger charge is -2.20. The fourth-order valence-corrected chi connectivity index (χ4v) is 1.85. The van der Waals surface area contributed by atoms with E-state index in [1.54, 1.807) is 0 Å². The van der Waals surface area contributed by atoms with Gasteiger partial charge in [0, 0.05) is 6.04 Å². The number of rotatable bonds is 6. The second-order valence-electron chi connectivity index (χ2n) is 4.03. The van der Waals surface area contributed by atoms with E-state index in [0.717, 1.165) is 12.3 Å². The highest BCUT2D eigenvalue weighted by Crippen LogP contribution is 2.34. The van der Waals surface area contributed by atoms with Crippen LogP contribution in [-0.4, -0.2) is 12.1 Å². The molecule has 2 atom stereocenters. The van der Waals surface area contributed by atoms with Gasteiger partial charge in [-0.1, -0.05) is 26.2 Å². The summed E-state index contributed by atoms with van der Waals surface area (Å²) in [7, 11) is 0. The summed E-state index contributed by atoms with van der Waals surface area (Å²) in [4.78, 5) is 0. The van der Waals surface area contributed by atoms with Gasteiger partial charge in [0.2, 0.25) is 0 Å². The highest BCUT2D eigenvalue weighted by atomic mass is 15.0. The van der Waals surface area contributed by atoms with Gasteiger partial charge in [-0.05, 0) is 31.6 Å². The lowest BCUT2D eigenvalue weighted by Crippen LogP contribution is -2.38. The topological polar surface area (TPSA) is 12.0 Å². The molecule has 1 aliphatic carbocycles. The Morgan fingerprint density at radius 1 is 1.46 bits per heavy atom. The summed E-state index contributed by atoms with van der Waals surface area (Å²) >= 11 is 0. The van der Waals surface area contributed by atoms with E-state index in [1.165, 1.54) is 25.7 Å². The van der Waals surface area contributed by atoms with E-state index < -0.39 is 0 Å². The average Bonchev–Trinajstić information content (AvgIpc) is 2.95. The zero-order valence-corrected chi connectivity index (χ0v) is 8.84. The zero-order chi connectivity index (χ0) is 9.68. The molecular formula is C12H21N. The molecular weight excluding hydrogens is 158 g/mol. The van der Waals surface area contributed by atoms with Gasteiger partial charge in [0.25, 0.3) is 0 Å². The van der Waals surface area contributed by atoms with Crippen LogP contribution in [0.15, 0.2) is 0 Å². The number of hydrogen-bond donors (Lipinski definition) is 1. The molecule has 0 spiro atoms. The van der Waals surface area contributed by atoms with Crippen LogP contribution in [0.3, 0.4) is 0 Å². The maximum atomic E-state index is 5.47. The van der Waals surface area contributed by atoms with Gasteiger partial charge in [-0.15, -0.1) is 6.42 Å². The Kier molecular flexibility index (Phi) is 4.32. The number of nitrogens with one attached hydrogen (secondary N) is 1. The van der Waals surface area contributed by atoms with Crippen LogP contribution in [0, 0.1) is 18.3 Å². The van der Waals surface area contributed by atoms with Crippen molar-refractivity contribution in [3.8, 4) is 12.3 Å². The van der Waals surface area contributed by atoms with Crippen LogP contribution in [0.25, 0.3) is 0 Å². The van der Waals surface area contributed by atoms with Crippen LogP contribution < -0.4 is 5.32 Å². The van der Waals surface area contributed by atoms with Crippen LogP contribution in [0.1, 0.15) is 46.0 Å². The van der Waals surface area contributed by atoms with Crippen LogP contribution >= 0.6 is 0 Å². The maximum absolute atomic E-state index is 5.47. The molecule has 0 aliphatic heterocycles. The van der Waals surface area contributed by atoms with Crippen molar-refractivity contribution in [3.05, 3.63) is 0 Å². The van der Waals surface area contributed by atoms with Gasteiger partial charge in [-0.2, -0.15) is 0 Å². The van der Waals surface area contributed by atoms with Crippen molar-refractivity contribution in [2.75, 3.05) is 0 Å². The van der Waals surface area contributed by atoms with Crippen molar-refractivity contribution >= 4 is 0 Å². The van der Waals surface area contributed by atoms with Crippen molar-refractivity contribution in [2.45, 2.75) is 58.0 Å². The van der Waals surface area contributed by atoms with Gasteiger partial charge in [-0.3, -0.25) is 0 Å². The van der Waals surface area contributed by atoms with E-state index in [9.17, 15) is 0 Å². The van der Waals surface area contributed by atoms with E-state index >= 15 is 0 Å². The molecule has 0 amide bonds. The Morgan fingerprint density at radius 3 is 2.54 bits per heavy atom. The summed E-state index contributed by atoms with van der Waals surface area (Å²) in [5, 5.41) is 3.58. The molecule has 0 bridgehead atoms. The van der Waals surface area contributed by atoms with Gasteiger partial charge in [-0.25, -0.2) is 0 Å². The van der Waals surface area contributed by atoms with E-state index in [2.05, 4.69) is 25.1 Å². The first-order valence-corrected chi connectivity index (χ1v) is 5.54. The molecule has 74 valence electrons. The molecule has 1 nitrogen and oxygen atoms in total. The maximum Gasteiger partial charge on any atom is 0.0689 e. The van der Waals surface area contributed by atoms with E-state index in [4.69, 9.17) is 6.42 Å². The molecule has 1 saturated carbocycles. The fraction of sp³-hybridized carbons (Fsp3) is 0.833. The minimum absolute atomic E-state index is 0.301. The summed E-state index contributed by atoms with van der Waals surface area (Å²) in [5.41, 5.74) is 0. The molecule has 1 aliphatic rings. The van der Waals surface area contributed by atoms with E-state index in [-0.39, 0.29) is 0 Å². The molecule has 0 saturated heterocycles. The zero-order valence-electron chi connectivity index (χ0n) is 8.84. The summed E-state index contributed by atoms with van der Waals surface area (Å²) in [6, 6.07) is 0.975. The molecule has 1 fully saturated rings. The lowest BCUT2D eigenvalue weighted by atomic mass is 10.1. The molecule has 0 heterocycles. The van der Waals surface area contributed by atoms with Gasteiger partial charge >= 0.3 is 0 Å². The van der Waals surface area contributed by atoms with E-state index in [1.807, 2.05) is 0 Å². The lowest BCUT2D eigenvalue weighted by molar-refractivity contribution is 0.410. The molecule has 1 N–H and O–H groups in total. The van der Waals surface area contributed by atoms with Crippen molar-refractivity contribution < 1.29 is 0 Å². The Bertz CT molecular complexity index is 176. The molecule has 0 aromatic carbocycles. The normalized spacial score (nSPS) is 20.7. The summed E-state index contributed by atoms with van der Waals surface area (Å²) in [6.45, 7) is 4.43. The first-order chi connectivity index (χ1) is 6.31. The first-order valence-electron chi connectivity index (χ1n) is 5.54. The Balaban J connectivity index is 2.29. The minimum atomic E-state index is 0.301. The molecule has 0 aromatic rings. The predicted octanol–water partition coefficient (Wildman–Crippen LogP) is 2.57. The summed E-state index contributed by atoms with van der Waals surface area (Å²) in [5.74, 6) is 3.75. The van der Waals surface area contributed by atoms with Crippen LogP contribution in [-0.2, 0) is 0 Å². The minimum Gasteiger partial charge on any atom is -0.301 e. The summed E-state index contributed by atoms with van der Waals surface area (Å²) in [6.07, 6.45) is 11.8. The Labute approximate surface area is 82.3 Å². The number of hydrogen-bond acceptors (Lipinski definition) is 1. The van der Waals surface area contributed by atoms with Crippen molar-refractivity contribution in [2.24, 2.45) is 5.92 Å². The third-order valence-electron chi connectivity index (χ3n) is 2.82. The van der Waals surface area contributed by atoms with Crippen molar-refractivity contribution in [1.29, 1.82) is 0 Å². The van der Waals surface area contributed by atoms with Crippen molar-refractivity contribution in [1.82, 2.24) is 5.32 Å².